The maximum absolute atomic E-state index is 12.2. The van der Waals surface area contributed by atoms with E-state index in [1.54, 1.807) is 19.1 Å². The van der Waals surface area contributed by atoms with Gasteiger partial charge in [-0.1, -0.05) is 24.6 Å². The third-order valence-electron chi connectivity index (χ3n) is 3.34. The molecule has 0 N–H and O–H groups in total. The van der Waals surface area contributed by atoms with Crippen molar-refractivity contribution < 1.29 is 24.8 Å². The first-order chi connectivity index (χ1) is 11.2. The predicted octanol–water partition coefficient (Wildman–Crippen LogP) is 2.88. The smallest absolute Gasteiger partial charge is 0.296 e. The molecule has 22 heavy (non-hydrogen) atoms. The molecule has 1 heterocycles. The molecular weight excluding hydrogens is 304 g/mol. The van der Waals surface area contributed by atoms with Crippen molar-refractivity contribution in [3.8, 4) is 0 Å². The Labute approximate surface area is 135 Å². The quantitative estimate of drug-likeness (QED) is 0.719. The van der Waals surface area contributed by atoms with Gasteiger partial charge in [-0.3, -0.25) is 4.18 Å². The first-order valence-corrected chi connectivity index (χ1v) is 8.87. The van der Waals surface area contributed by atoms with Crippen LogP contribution in [0.4, 0.5) is 0 Å². The Hall–Kier alpha value is -0.950. The van der Waals surface area contributed by atoms with E-state index in [0.29, 0.717) is 6.61 Å². The van der Waals surface area contributed by atoms with Crippen molar-refractivity contribution in [2.45, 2.75) is 44.3 Å². The van der Waals surface area contributed by atoms with Crippen LogP contribution in [-0.2, 0) is 23.8 Å². The lowest BCUT2D eigenvalue weighted by atomic mass is 10.2. The fourth-order valence-corrected chi connectivity index (χ4v) is 2.88. The van der Waals surface area contributed by atoms with Gasteiger partial charge in [-0.05, 0) is 38.3 Å². The molecule has 124 valence electrons. The normalized spacial score (nSPS) is 22.7. The third kappa shape index (κ3) is 5.35. The molecule has 0 spiro atoms. The number of aryl methyl sites for hydroxylation is 1. The van der Waals surface area contributed by atoms with Gasteiger partial charge in [-0.25, -0.2) is 0 Å². The second kappa shape index (κ2) is 8.06. The van der Waals surface area contributed by atoms with Gasteiger partial charge in [0.2, 0.25) is 0 Å². The standard InChI is InChI=1S/C16H24O5S/c1-13-6-8-15(9-7-13)22(17,18)21-12-14(2)11-20-16-5-3-4-10-19-16/h6-9,14,16H,3-5,10-12H2,1-2H3/t14-,16?/m0/s1/i12D2. The Kier molecular flexibility index (Phi) is 5.36. The monoisotopic (exact) mass is 330 g/mol. The zero-order valence-electron chi connectivity index (χ0n) is 14.9. The van der Waals surface area contributed by atoms with Crippen molar-refractivity contribution in [2.24, 2.45) is 5.92 Å². The summed E-state index contributed by atoms with van der Waals surface area (Å²) < 4.78 is 56.2. The van der Waals surface area contributed by atoms with E-state index in [-0.39, 0.29) is 17.8 Å². The van der Waals surface area contributed by atoms with Crippen LogP contribution in [-0.4, -0.2) is 34.5 Å². The molecule has 0 radical (unpaired) electrons. The van der Waals surface area contributed by atoms with Crippen LogP contribution in [0.25, 0.3) is 0 Å². The van der Waals surface area contributed by atoms with Crippen LogP contribution < -0.4 is 0 Å². The number of hydrogen-bond donors (Lipinski definition) is 0. The van der Waals surface area contributed by atoms with Crippen LogP contribution >= 0.6 is 0 Å². The van der Waals surface area contributed by atoms with Crippen molar-refractivity contribution in [3.63, 3.8) is 0 Å². The zero-order valence-corrected chi connectivity index (χ0v) is 13.8. The van der Waals surface area contributed by atoms with Crippen LogP contribution in [0.1, 0.15) is 34.5 Å². The maximum atomic E-state index is 12.2. The van der Waals surface area contributed by atoms with Gasteiger partial charge in [0.25, 0.3) is 10.1 Å². The Morgan fingerprint density at radius 3 is 2.73 bits per heavy atom. The largest absolute Gasteiger partial charge is 0.353 e. The van der Waals surface area contributed by atoms with E-state index in [2.05, 4.69) is 0 Å². The van der Waals surface area contributed by atoms with Gasteiger partial charge in [0, 0.05) is 12.5 Å². The highest BCUT2D eigenvalue weighted by Gasteiger charge is 2.19. The number of hydrogen-bond acceptors (Lipinski definition) is 5. The molecule has 2 rings (SSSR count). The Morgan fingerprint density at radius 2 is 2.09 bits per heavy atom. The van der Waals surface area contributed by atoms with E-state index in [4.69, 9.17) is 16.4 Å². The Bertz CT molecular complexity index is 624. The molecule has 5 nitrogen and oxygen atoms in total. The minimum atomic E-state index is -4.18. The molecular formula is C16H24O5S. The molecule has 1 aromatic carbocycles. The zero-order chi connectivity index (χ0) is 17.8. The minimum absolute atomic E-state index is 0.0150. The number of ether oxygens (including phenoxy) is 2. The van der Waals surface area contributed by atoms with Gasteiger partial charge in [-0.15, -0.1) is 0 Å². The second-order valence-corrected chi connectivity index (χ2v) is 7.05. The van der Waals surface area contributed by atoms with Crippen molar-refractivity contribution in [1.82, 2.24) is 0 Å². The van der Waals surface area contributed by atoms with E-state index in [9.17, 15) is 8.42 Å². The summed E-state index contributed by atoms with van der Waals surface area (Å²) in [5.74, 6) is -0.775. The fourth-order valence-electron chi connectivity index (χ4n) is 2.03. The molecule has 1 unspecified atom stereocenters. The van der Waals surface area contributed by atoms with Gasteiger partial charge in [0.05, 0.1) is 20.8 Å². The lowest BCUT2D eigenvalue weighted by Crippen LogP contribution is -2.26. The van der Waals surface area contributed by atoms with Crippen LogP contribution in [0.15, 0.2) is 29.2 Å². The highest BCUT2D eigenvalue weighted by molar-refractivity contribution is 7.86. The Balaban J connectivity index is 1.96. The Morgan fingerprint density at radius 1 is 1.36 bits per heavy atom. The van der Waals surface area contributed by atoms with E-state index < -0.39 is 22.6 Å². The summed E-state index contributed by atoms with van der Waals surface area (Å²) >= 11 is 0. The molecule has 1 aliphatic rings. The van der Waals surface area contributed by atoms with Gasteiger partial charge >= 0.3 is 0 Å². The molecule has 1 saturated heterocycles. The number of benzene rings is 1. The van der Waals surface area contributed by atoms with Crippen molar-refractivity contribution in [3.05, 3.63) is 29.8 Å². The van der Waals surface area contributed by atoms with Gasteiger partial charge in [-0.2, -0.15) is 8.42 Å². The second-order valence-electron chi connectivity index (χ2n) is 5.50. The average molecular weight is 330 g/mol. The van der Waals surface area contributed by atoms with E-state index in [0.717, 1.165) is 24.8 Å². The van der Waals surface area contributed by atoms with Crippen molar-refractivity contribution in [1.29, 1.82) is 0 Å². The first kappa shape index (κ1) is 14.6. The van der Waals surface area contributed by atoms with E-state index >= 15 is 0 Å². The van der Waals surface area contributed by atoms with E-state index in [1.165, 1.54) is 12.1 Å². The average Bonchev–Trinajstić information content (AvgIpc) is 2.53. The third-order valence-corrected chi connectivity index (χ3v) is 4.50. The lowest BCUT2D eigenvalue weighted by molar-refractivity contribution is -0.169. The summed E-state index contributed by atoms with van der Waals surface area (Å²) in [6.45, 7) is 1.65. The molecule has 1 fully saturated rings. The molecule has 0 bridgehead atoms. The minimum Gasteiger partial charge on any atom is -0.353 e. The van der Waals surface area contributed by atoms with E-state index in [1.807, 2.05) is 6.92 Å². The fraction of sp³-hybridized carbons (Fsp3) is 0.625. The predicted molar refractivity (Wildman–Crippen MR) is 83.0 cm³/mol. The summed E-state index contributed by atoms with van der Waals surface area (Å²) in [5, 5.41) is 0. The number of rotatable bonds is 7. The molecule has 0 aliphatic carbocycles. The van der Waals surface area contributed by atoms with Crippen LogP contribution in [0.2, 0.25) is 0 Å². The lowest BCUT2D eigenvalue weighted by Gasteiger charge is -2.24. The van der Waals surface area contributed by atoms with Gasteiger partial charge in [0.1, 0.15) is 0 Å². The highest BCUT2D eigenvalue weighted by Crippen LogP contribution is 2.17. The van der Waals surface area contributed by atoms with Crippen molar-refractivity contribution in [2.75, 3.05) is 19.8 Å². The SMILES string of the molecule is [2H]C([2H])(OS(=O)(=O)c1ccc(C)cc1)[C@@H](C)COC1CCCCO1. The van der Waals surface area contributed by atoms with Gasteiger partial charge < -0.3 is 9.47 Å². The summed E-state index contributed by atoms with van der Waals surface area (Å²) in [6, 6.07) is 6.08. The summed E-state index contributed by atoms with van der Waals surface area (Å²) in [5.41, 5.74) is 0.909. The van der Waals surface area contributed by atoms with Crippen LogP contribution in [0, 0.1) is 12.8 Å². The van der Waals surface area contributed by atoms with Gasteiger partial charge in [0.15, 0.2) is 6.29 Å². The summed E-state index contributed by atoms with van der Waals surface area (Å²) in [7, 11) is -4.18. The highest BCUT2D eigenvalue weighted by atomic mass is 32.2. The maximum Gasteiger partial charge on any atom is 0.296 e. The molecule has 1 aliphatic heterocycles. The van der Waals surface area contributed by atoms with Crippen molar-refractivity contribution >= 4 is 10.1 Å². The summed E-state index contributed by atoms with van der Waals surface area (Å²) in [6.07, 6.45) is 2.40. The topological polar surface area (TPSA) is 61.8 Å². The molecule has 1 aromatic rings. The molecule has 0 saturated carbocycles. The van der Waals surface area contributed by atoms with Crippen LogP contribution in [0.5, 0.6) is 0 Å². The molecule has 2 atom stereocenters. The molecule has 0 aromatic heterocycles. The van der Waals surface area contributed by atoms with Crippen LogP contribution in [0.3, 0.4) is 0 Å². The summed E-state index contributed by atoms with van der Waals surface area (Å²) in [4.78, 5) is -0.0688. The molecule has 6 heteroatoms. The first-order valence-electron chi connectivity index (χ1n) is 8.46. The molecule has 0 amide bonds.